The van der Waals surface area contributed by atoms with Crippen LogP contribution >= 0.6 is 24.0 Å². The Bertz CT molecular complexity index is 526. The fraction of sp³-hybridized carbons (Fsp3) is 0.938. The second-order valence-corrected chi connectivity index (χ2v) is 8.52. The number of nitrogens with zero attached hydrogens (tertiary/aromatic N) is 3. The molecule has 2 saturated heterocycles. The highest BCUT2D eigenvalue weighted by Crippen LogP contribution is 2.17. The van der Waals surface area contributed by atoms with Gasteiger partial charge in [-0.2, -0.15) is 0 Å². The van der Waals surface area contributed by atoms with Gasteiger partial charge in [0.05, 0.1) is 19.0 Å². The van der Waals surface area contributed by atoms with Crippen molar-refractivity contribution in [2.45, 2.75) is 32.7 Å². The molecule has 2 N–H and O–H groups in total. The number of ether oxygens (including phenoxy) is 1. The Labute approximate surface area is 175 Å². The minimum atomic E-state index is -3.11. The summed E-state index contributed by atoms with van der Waals surface area (Å²) in [7, 11) is -3.11. The van der Waals surface area contributed by atoms with Crippen LogP contribution in [0.15, 0.2) is 4.99 Å². The van der Waals surface area contributed by atoms with Crippen LogP contribution in [0.2, 0.25) is 0 Å². The fourth-order valence-electron chi connectivity index (χ4n) is 3.19. The van der Waals surface area contributed by atoms with Crippen molar-refractivity contribution in [3.8, 4) is 0 Å². The molecule has 0 aromatic carbocycles. The molecule has 26 heavy (non-hydrogen) atoms. The van der Waals surface area contributed by atoms with Gasteiger partial charge in [0.25, 0.3) is 0 Å². The first-order chi connectivity index (χ1) is 12.1. The summed E-state index contributed by atoms with van der Waals surface area (Å²) in [5.74, 6) is 1.06. The quantitative estimate of drug-likeness (QED) is 0.215. The van der Waals surface area contributed by atoms with E-state index in [4.69, 9.17) is 4.74 Å². The topological polar surface area (TPSA) is 86.3 Å². The molecule has 0 spiro atoms. The van der Waals surface area contributed by atoms with Crippen LogP contribution in [0.4, 0.5) is 0 Å². The molecule has 10 heteroatoms. The molecular formula is C16H34IN5O3S. The summed E-state index contributed by atoms with van der Waals surface area (Å²) in [4.78, 5) is 9.51. The van der Waals surface area contributed by atoms with Crippen LogP contribution < -0.4 is 10.0 Å². The predicted molar refractivity (Wildman–Crippen MR) is 116 cm³/mol. The highest BCUT2D eigenvalue weighted by molar-refractivity contribution is 14.0. The van der Waals surface area contributed by atoms with E-state index in [0.29, 0.717) is 25.6 Å². The second-order valence-electron chi connectivity index (χ2n) is 6.42. The van der Waals surface area contributed by atoms with E-state index < -0.39 is 10.0 Å². The lowest BCUT2D eigenvalue weighted by Crippen LogP contribution is -2.46. The maximum absolute atomic E-state index is 11.4. The Kier molecular flexibility index (Phi) is 11.3. The van der Waals surface area contributed by atoms with E-state index in [0.717, 1.165) is 58.3 Å². The van der Waals surface area contributed by atoms with Gasteiger partial charge in [0, 0.05) is 51.9 Å². The number of aliphatic imine (C=N–C) groups is 1. The van der Waals surface area contributed by atoms with Crippen LogP contribution in [0.25, 0.3) is 0 Å². The van der Waals surface area contributed by atoms with Gasteiger partial charge in [0.1, 0.15) is 0 Å². The molecule has 2 fully saturated rings. The summed E-state index contributed by atoms with van der Waals surface area (Å²) in [6.07, 6.45) is 1.86. The molecule has 0 saturated carbocycles. The van der Waals surface area contributed by atoms with Crippen LogP contribution in [0.1, 0.15) is 26.7 Å². The molecule has 2 aliphatic heterocycles. The zero-order valence-electron chi connectivity index (χ0n) is 15.9. The lowest BCUT2D eigenvalue weighted by Gasteiger charge is -2.32. The zero-order valence-corrected chi connectivity index (χ0v) is 19.1. The largest absolute Gasteiger partial charge is 0.379 e. The van der Waals surface area contributed by atoms with E-state index >= 15 is 0 Å². The first-order valence-electron chi connectivity index (χ1n) is 9.38. The van der Waals surface area contributed by atoms with E-state index in [2.05, 4.69) is 31.8 Å². The number of morpholine rings is 1. The average molecular weight is 503 g/mol. The Balaban J connectivity index is 0.00000338. The number of nitrogens with one attached hydrogen (secondary N) is 2. The molecule has 0 aromatic rings. The van der Waals surface area contributed by atoms with Crippen molar-refractivity contribution in [2.75, 3.05) is 64.8 Å². The highest BCUT2D eigenvalue weighted by atomic mass is 127. The van der Waals surface area contributed by atoms with E-state index in [1.165, 1.54) is 0 Å². The molecule has 0 radical (unpaired) electrons. The molecule has 0 aromatic heterocycles. The Morgan fingerprint density at radius 2 is 1.96 bits per heavy atom. The lowest BCUT2D eigenvalue weighted by molar-refractivity contribution is 0.0195. The van der Waals surface area contributed by atoms with Crippen LogP contribution in [0.3, 0.4) is 0 Å². The molecule has 1 unspecified atom stereocenters. The number of hydrogen-bond acceptors (Lipinski definition) is 5. The number of guanidine groups is 1. The van der Waals surface area contributed by atoms with Gasteiger partial charge in [0.2, 0.25) is 10.0 Å². The summed E-state index contributed by atoms with van der Waals surface area (Å²) in [5, 5.41) is 3.36. The average Bonchev–Trinajstić information content (AvgIpc) is 3.11. The number of rotatable bonds is 8. The van der Waals surface area contributed by atoms with Crippen molar-refractivity contribution in [2.24, 2.45) is 4.99 Å². The molecule has 2 heterocycles. The van der Waals surface area contributed by atoms with Gasteiger partial charge < -0.3 is 15.0 Å². The van der Waals surface area contributed by atoms with Gasteiger partial charge in [-0.25, -0.2) is 13.1 Å². The SMILES string of the molecule is CCNC(=NCCCNS(=O)(=O)CC)N1CCC(N2CCOCC2)C1.I. The van der Waals surface area contributed by atoms with Crippen molar-refractivity contribution >= 4 is 40.0 Å². The molecule has 0 aliphatic carbocycles. The van der Waals surface area contributed by atoms with E-state index in [-0.39, 0.29) is 29.7 Å². The molecule has 2 aliphatic rings. The summed E-state index contributed by atoms with van der Waals surface area (Å²) in [6, 6.07) is 0.573. The minimum Gasteiger partial charge on any atom is -0.379 e. The predicted octanol–water partition coefficient (Wildman–Crippen LogP) is 0.306. The minimum absolute atomic E-state index is 0. The smallest absolute Gasteiger partial charge is 0.211 e. The Hall–Kier alpha value is -0.170. The molecule has 0 amide bonds. The third kappa shape index (κ3) is 7.83. The monoisotopic (exact) mass is 503 g/mol. The molecular weight excluding hydrogens is 469 g/mol. The summed E-state index contributed by atoms with van der Waals surface area (Å²) < 4.78 is 30.9. The van der Waals surface area contributed by atoms with Crippen molar-refractivity contribution in [3.05, 3.63) is 0 Å². The van der Waals surface area contributed by atoms with Crippen LogP contribution in [0.5, 0.6) is 0 Å². The second kappa shape index (κ2) is 12.3. The Morgan fingerprint density at radius 1 is 1.23 bits per heavy atom. The van der Waals surface area contributed by atoms with E-state index in [1.54, 1.807) is 6.92 Å². The van der Waals surface area contributed by atoms with Crippen molar-refractivity contribution in [1.29, 1.82) is 0 Å². The third-order valence-electron chi connectivity index (χ3n) is 4.66. The van der Waals surface area contributed by atoms with Crippen LogP contribution in [0, 0.1) is 0 Å². The number of hydrogen-bond donors (Lipinski definition) is 2. The van der Waals surface area contributed by atoms with Crippen molar-refractivity contribution in [1.82, 2.24) is 19.8 Å². The van der Waals surface area contributed by atoms with Crippen LogP contribution in [-0.2, 0) is 14.8 Å². The zero-order chi connectivity index (χ0) is 18.1. The number of sulfonamides is 1. The van der Waals surface area contributed by atoms with Gasteiger partial charge in [-0.1, -0.05) is 0 Å². The van der Waals surface area contributed by atoms with E-state index in [9.17, 15) is 8.42 Å². The maximum Gasteiger partial charge on any atom is 0.211 e. The van der Waals surface area contributed by atoms with Gasteiger partial charge in [-0.3, -0.25) is 9.89 Å². The van der Waals surface area contributed by atoms with Gasteiger partial charge >= 0.3 is 0 Å². The summed E-state index contributed by atoms with van der Waals surface area (Å²) in [6.45, 7) is 11.3. The maximum atomic E-state index is 11.4. The van der Waals surface area contributed by atoms with E-state index in [1.807, 2.05) is 0 Å². The standard InChI is InChI=1S/C16H33N5O3S.HI/c1-3-17-16(18-7-5-8-19-25(22,23)4-2)21-9-6-15(14-21)20-10-12-24-13-11-20;/h15,19H,3-14H2,1-2H3,(H,17,18);1H. The van der Waals surface area contributed by atoms with Gasteiger partial charge in [-0.05, 0) is 26.7 Å². The normalized spacial score (nSPS) is 22.3. The first-order valence-corrected chi connectivity index (χ1v) is 11.0. The Morgan fingerprint density at radius 3 is 2.62 bits per heavy atom. The third-order valence-corrected chi connectivity index (χ3v) is 6.06. The van der Waals surface area contributed by atoms with Gasteiger partial charge in [-0.15, -0.1) is 24.0 Å². The van der Waals surface area contributed by atoms with Crippen molar-refractivity contribution in [3.63, 3.8) is 0 Å². The summed E-state index contributed by atoms with van der Waals surface area (Å²) >= 11 is 0. The molecule has 1 atom stereocenters. The van der Waals surface area contributed by atoms with Crippen LogP contribution in [-0.4, -0.2) is 95.0 Å². The number of halogens is 1. The number of likely N-dealkylation sites (tertiary alicyclic amines) is 1. The van der Waals surface area contributed by atoms with Crippen molar-refractivity contribution < 1.29 is 13.2 Å². The summed E-state index contributed by atoms with van der Waals surface area (Å²) in [5.41, 5.74) is 0. The van der Waals surface area contributed by atoms with Gasteiger partial charge in [0.15, 0.2) is 5.96 Å². The first kappa shape index (κ1) is 23.9. The lowest BCUT2D eigenvalue weighted by atomic mass is 10.2. The fourth-order valence-corrected chi connectivity index (χ4v) is 3.85. The molecule has 0 bridgehead atoms. The molecule has 8 nitrogen and oxygen atoms in total. The highest BCUT2D eigenvalue weighted by Gasteiger charge is 2.30. The molecule has 154 valence electrons. The molecule has 2 rings (SSSR count).